The lowest BCUT2D eigenvalue weighted by molar-refractivity contribution is 0.0948. The molecule has 1 fully saturated rings. The first-order valence-electron chi connectivity index (χ1n) is 5.28. The van der Waals surface area contributed by atoms with Gasteiger partial charge < -0.3 is 10.3 Å². The molecule has 0 bridgehead atoms. The van der Waals surface area contributed by atoms with Crippen LogP contribution in [0.4, 0.5) is 0 Å². The van der Waals surface area contributed by atoms with Crippen molar-refractivity contribution < 1.29 is 4.79 Å². The third-order valence-electron chi connectivity index (χ3n) is 2.60. The molecule has 0 aliphatic heterocycles. The average molecular weight is 285 g/mol. The van der Waals surface area contributed by atoms with E-state index in [2.05, 4.69) is 26.2 Å². The van der Waals surface area contributed by atoms with Crippen LogP contribution < -0.4 is 10.9 Å². The number of H-pyrrole nitrogens is 1. The zero-order chi connectivity index (χ0) is 11.5. The zero-order valence-electron chi connectivity index (χ0n) is 8.70. The van der Waals surface area contributed by atoms with Crippen LogP contribution in [0.25, 0.3) is 0 Å². The van der Waals surface area contributed by atoms with Gasteiger partial charge in [-0.1, -0.05) is 22.0 Å². The van der Waals surface area contributed by atoms with Crippen LogP contribution in [0.15, 0.2) is 23.0 Å². The summed E-state index contributed by atoms with van der Waals surface area (Å²) in [6.45, 7) is 0.598. The number of carbonyl (C=O) groups is 1. The number of aromatic nitrogens is 1. The van der Waals surface area contributed by atoms with Crippen LogP contribution in [-0.4, -0.2) is 22.3 Å². The van der Waals surface area contributed by atoms with E-state index in [9.17, 15) is 9.59 Å². The molecule has 1 unspecified atom stereocenters. The van der Waals surface area contributed by atoms with Crippen LogP contribution in [0.1, 0.15) is 23.3 Å². The first kappa shape index (κ1) is 11.4. The van der Waals surface area contributed by atoms with Gasteiger partial charge >= 0.3 is 0 Å². The van der Waals surface area contributed by atoms with Gasteiger partial charge in [0.2, 0.25) is 5.56 Å². The number of pyridine rings is 1. The second-order valence-electron chi connectivity index (χ2n) is 3.99. The summed E-state index contributed by atoms with van der Waals surface area (Å²) in [7, 11) is 0. The van der Waals surface area contributed by atoms with E-state index < -0.39 is 0 Å². The van der Waals surface area contributed by atoms with E-state index in [4.69, 9.17) is 0 Å². The molecule has 16 heavy (non-hydrogen) atoms. The fourth-order valence-electron chi connectivity index (χ4n) is 1.49. The summed E-state index contributed by atoms with van der Waals surface area (Å²) in [6, 6.07) is 4.55. The highest BCUT2D eigenvalue weighted by molar-refractivity contribution is 9.09. The lowest BCUT2D eigenvalue weighted by atomic mass is 10.3. The Morgan fingerprint density at radius 3 is 2.94 bits per heavy atom. The van der Waals surface area contributed by atoms with E-state index >= 15 is 0 Å². The number of hydrogen-bond donors (Lipinski definition) is 2. The fourth-order valence-corrected chi connectivity index (χ4v) is 2.18. The number of aromatic amines is 1. The molecule has 1 atom stereocenters. The summed E-state index contributed by atoms with van der Waals surface area (Å²) in [5.41, 5.74) is 0.0493. The molecule has 5 heteroatoms. The van der Waals surface area contributed by atoms with Gasteiger partial charge in [0.25, 0.3) is 5.91 Å². The molecule has 0 aromatic carbocycles. The van der Waals surface area contributed by atoms with Gasteiger partial charge in [0, 0.05) is 17.4 Å². The summed E-state index contributed by atoms with van der Waals surface area (Å²) in [6.07, 6.45) is 2.46. The van der Waals surface area contributed by atoms with Gasteiger partial charge in [0.1, 0.15) is 5.69 Å². The van der Waals surface area contributed by atoms with Crippen LogP contribution >= 0.6 is 15.9 Å². The number of rotatable bonds is 4. The molecule has 1 aromatic rings. The SMILES string of the molecule is O=C(NCC(Br)C1CC1)c1cccc(=O)[nH]1. The summed E-state index contributed by atoms with van der Waals surface area (Å²) in [5.74, 6) is 0.456. The second kappa shape index (κ2) is 4.82. The van der Waals surface area contributed by atoms with Crippen molar-refractivity contribution in [1.29, 1.82) is 0 Å². The average Bonchev–Trinajstić information content (AvgIpc) is 3.09. The summed E-state index contributed by atoms with van der Waals surface area (Å²) < 4.78 is 0. The van der Waals surface area contributed by atoms with Gasteiger partial charge in [-0.15, -0.1) is 0 Å². The highest BCUT2D eigenvalue weighted by Crippen LogP contribution is 2.36. The predicted octanol–water partition coefficient (Wildman–Crippen LogP) is 1.28. The molecule has 86 valence electrons. The van der Waals surface area contributed by atoms with Crippen LogP contribution in [-0.2, 0) is 0 Å². The Balaban J connectivity index is 1.89. The molecule has 2 rings (SSSR count). The van der Waals surface area contributed by atoms with Crippen molar-refractivity contribution in [3.63, 3.8) is 0 Å². The highest BCUT2D eigenvalue weighted by Gasteiger charge is 2.29. The van der Waals surface area contributed by atoms with Crippen molar-refractivity contribution in [3.8, 4) is 0 Å². The second-order valence-corrected chi connectivity index (χ2v) is 5.17. The van der Waals surface area contributed by atoms with Gasteiger partial charge in [0.05, 0.1) is 0 Å². The molecule has 1 amide bonds. The molecule has 1 saturated carbocycles. The maximum Gasteiger partial charge on any atom is 0.267 e. The van der Waals surface area contributed by atoms with Crippen molar-refractivity contribution in [3.05, 3.63) is 34.2 Å². The first-order chi connectivity index (χ1) is 7.66. The molecule has 1 aromatic heterocycles. The van der Waals surface area contributed by atoms with E-state index in [-0.39, 0.29) is 11.5 Å². The minimum Gasteiger partial charge on any atom is -0.350 e. The molecular formula is C11H13BrN2O2. The molecule has 2 N–H and O–H groups in total. The van der Waals surface area contributed by atoms with Gasteiger partial charge in [-0.2, -0.15) is 0 Å². The first-order valence-corrected chi connectivity index (χ1v) is 6.20. The molecule has 4 nitrogen and oxygen atoms in total. The zero-order valence-corrected chi connectivity index (χ0v) is 10.3. The van der Waals surface area contributed by atoms with Crippen molar-refractivity contribution in [2.45, 2.75) is 17.7 Å². The number of halogens is 1. The standard InChI is InChI=1S/C11H13BrN2O2/c12-8(7-4-5-7)6-13-11(16)9-2-1-3-10(15)14-9/h1-3,7-8H,4-6H2,(H,13,16)(H,14,15). The third-order valence-corrected chi connectivity index (χ3v) is 3.68. The summed E-state index contributed by atoms with van der Waals surface area (Å²) in [5, 5.41) is 2.79. The minimum absolute atomic E-state index is 0.234. The lowest BCUT2D eigenvalue weighted by Gasteiger charge is -2.09. The number of nitrogens with one attached hydrogen (secondary N) is 2. The molecule has 1 heterocycles. The lowest BCUT2D eigenvalue weighted by Crippen LogP contribution is -2.31. The molecule has 1 aliphatic rings. The van der Waals surface area contributed by atoms with Crippen molar-refractivity contribution in [1.82, 2.24) is 10.3 Å². The number of hydrogen-bond acceptors (Lipinski definition) is 2. The topological polar surface area (TPSA) is 62.0 Å². The number of carbonyl (C=O) groups excluding carboxylic acids is 1. The van der Waals surface area contributed by atoms with E-state index in [0.29, 0.717) is 23.0 Å². The van der Waals surface area contributed by atoms with Gasteiger partial charge in [0.15, 0.2) is 0 Å². The third kappa shape index (κ3) is 2.95. The van der Waals surface area contributed by atoms with Crippen LogP contribution in [0.2, 0.25) is 0 Å². The summed E-state index contributed by atoms with van der Waals surface area (Å²) in [4.78, 5) is 25.5. The molecular weight excluding hydrogens is 272 g/mol. The predicted molar refractivity (Wildman–Crippen MR) is 64.8 cm³/mol. The Kier molecular flexibility index (Phi) is 3.43. The van der Waals surface area contributed by atoms with E-state index in [1.165, 1.54) is 18.9 Å². The van der Waals surface area contributed by atoms with E-state index in [1.807, 2.05) is 0 Å². The number of amides is 1. The molecule has 0 radical (unpaired) electrons. The van der Waals surface area contributed by atoms with Crippen molar-refractivity contribution in [2.24, 2.45) is 5.92 Å². The monoisotopic (exact) mass is 284 g/mol. The van der Waals surface area contributed by atoms with Crippen molar-refractivity contribution >= 4 is 21.8 Å². The Hall–Kier alpha value is -1.10. The Morgan fingerprint density at radius 1 is 1.56 bits per heavy atom. The van der Waals surface area contributed by atoms with E-state index in [1.54, 1.807) is 12.1 Å². The maximum absolute atomic E-state index is 11.6. The highest BCUT2D eigenvalue weighted by atomic mass is 79.9. The Bertz CT molecular complexity index is 440. The van der Waals surface area contributed by atoms with Crippen LogP contribution in [0, 0.1) is 5.92 Å². The fraction of sp³-hybridized carbons (Fsp3) is 0.455. The molecule has 0 saturated heterocycles. The molecule has 0 spiro atoms. The maximum atomic E-state index is 11.6. The van der Waals surface area contributed by atoms with Crippen LogP contribution in [0.3, 0.4) is 0 Å². The quantitative estimate of drug-likeness (QED) is 0.819. The Morgan fingerprint density at radius 2 is 2.31 bits per heavy atom. The normalized spacial score (nSPS) is 16.8. The smallest absolute Gasteiger partial charge is 0.267 e. The van der Waals surface area contributed by atoms with E-state index in [0.717, 1.165) is 0 Å². The minimum atomic E-state index is -0.259. The molecule has 1 aliphatic carbocycles. The number of alkyl halides is 1. The summed E-state index contributed by atoms with van der Waals surface area (Å²) >= 11 is 3.53. The van der Waals surface area contributed by atoms with Crippen molar-refractivity contribution in [2.75, 3.05) is 6.54 Å². The van der Waals surface area contributed by atoms with Gasteiger partial charge in [-0.3, -0.25) is 9.59 Å². The van der Waals surface area contributed by atoms with Crippen LogP contribution in [0.5, 0.6) is 0 Å². The van der Waals surface area contributed by atoms with Gasteiger partial charge in [-0.05, 0) is 24.8 Å². The largest absolute Gasteiger partial charge is 0.350 e. The van der Waals surface area contributed by atoms with Gasteiger partial charge in [-0.25, -0.2) is 0 Å². The Labute approximate surface area is 102 Å².